The molecule has 0 radical (unpaired) electrons. The van der Waals surface area contributed by atoms with Gasteiger partial charge in [0.15, 0.2) is 0 Å². The lowest BCUT2D eigenvalue weighted by molar-refractivity contribution is -0.254. The highest BCUT2D eigenvalue weighted by Crippen LogP contribution is 2.09. The summed E-state index contributed by atoms with van der Waals surface area (Å²) in [4.78, 5) is 54.4. The van der Waals surface area contributed by atoms with E-state index >= 15 is 0 Å². The monoisotopic (exact) mass is 370 g/mol. The molecule has 0 atom stereocenters. The lowest BCUT2D eigenvalue weighted by atomic mass is 10.1. The molecule has 0 aromatic carbocycles. The average Bonchev–Trinajstić information content (AvgIpc) is 2.64. The minimum atomic E-state index is -1.22. The molecule has 0 aromatic heterocycles. The van der Waals surface area contributed by atoms with Gasteiger partial charge in [-0.3, -0.25) is 9.59 Å². The maximum Gasteiger partial charge on any atom is 0.421 e. The van der Waals surface area contributed by atoms with Crippen LogP contribution in [0.4, 0.5) is 0 Å². The second-order valence-electron chi connectivity index (χ2n) is 6.62. The molecule has 6 nitrogen and oxygen atoms in total. The summed E-state index contributed by atoms with van der Waals surface area (Å²) in [5, 5.41) is 0. The van der Waals surface area contributed by atoms with Crippen molar-refractivity contribution in [2.45, 2.75) is 104 Å². The zero-order valence-electron chi connectivity index (χ0n) is 16.3. The number of hydrogen-bond acceptors (Lipinski definition) is 6. The van der Waals surface area contributed by atoms with Gasteiger partial charge in [-0.2, -0.15) is 0 Å². The molecule has 0 heterocycles. The van der Waals surface area contributed by atoms with Gasteiger partial charge in [-0.1, -0.05) is 78.1 Å². The van der Waals surface area contributed by atoms with Gasteiger partial charge in [0.1, 0.15) is 0 Å². The molecule has 0 bridgehead atoms. The topological polar surface area (TPSA) is 86.7 Å². The molecule has 26 heavy (non-hydrogen) atoms. The minimum absolute atomic E-state index is 0.0637. The Morgan fingerprint density at radius 2 is 0.808 bits per heavy atom. The number of Topliss-reactive ketones (excluding diaryl/α,β-unsaturated/α-hetero) is 2. The van der Waals surface area contributed by atoms with Gasteiger partial charge in [0.2, 0.25) is 11.6 Å². The molecule has 0 aliphatic rings. The van der Waals surface area contributed by atoms with Crippen molar-refractivity contribution in [3.63, 3.8) is 0 Å². The molecule has 0 saturated carbocycles. The van der Waals surface area contributed by atoms with Crippen LogP contribution in [-0.4, -0.2) is 23.5 Å². The van der Waals surface area contributed by atoms with E-state index < -0.39 is 23.5 Å². The highest BCUT2D eigenvalue weighted by Gasteiger charge is 2.22. The second-order valence-corrected chi connectivity index (χ2v) is 6.62. The summed E-state index contributed by atoms with van der Waals surface area (Å²) in [6.45, 7) is 4.25. The van der Waals surface area contributed by atoms with Crippen LogP contribution < -0.4 is 0 Å². The second kappa shape index (κ2) is 16.7. The van der Waals surface area contributed by atoms with Gasteiger partial charge in [-0.25, -0.2) is 19.4 Å². The van der Waals surface area contributed by atoms with Crippen LogP contribution in [0.3, 0.4) is 0 Å². The van der Waals surface area contributed by atoms with Gasteiger partial charge in [0.25, 0.3) is 0 Å². The Bertz CT molecular complexity index is 390. The first-order valence-corrected chi connectivity index (χ1v) is 10.0. The van der Waals surface area contributed by atoms with Crippen LogP contribution in [-0.2, 0) is 29.0 Å². The van der Waals surface area contributed by atoms with E-state index in [1.807, 2.05) is 0 Å². The lowest BCUT2D eigenvalue weighted by Gasteiger charge is -2.03. The predicted molar refractivity (Wildman–Crippen MR) is 98.2 cm³/mol. The van der Waals surface area contributed by atoms with Crippen LogP contribution >= 0.6 is 0 Å². The summed E-state index contributed by atoms with van der Waals surface area (Å²) >= 11 is 0. The van der Waals surface area contributed by atoms with E-state index in [4.69, 9.17) is 0 Å². The third-order valence-electron chi connectivity index (χ3n) is 4.16. The number of unbranched alkanes of at least 4 members (excludes halogenated alkanes) is 10. The van der Waals surface area contributed by atoms with Crippen molar-refractivity contribution in [2.24, 2.45) is 0 Å². The number of carbonyl (C=O) groups is 4. The maximum atomic E-state index is 11.6. The Morgan fingerprint density at radius 3 is 1.15 bits per heavy atom. The van der Waals surface area contributed by atoms with Gasteiger partial charge < -0.3 is 0 Å². The van der Waals surface area contributed by atoms with Gasteiger partial charge in [-0.05, 0) is 12.8 Å². The van der Waals surface area contributed by atoms with E-state index in [-0.39, 0.29) is 12.8 Å². The number of carbonyl (C=O) groups excluding carboxylic acids is 4. The van der Waals surface area contributed by atoms with Crippen molar-refractivity contribution in [1.29, 1.82) is 0 Å². The normalized spacial score (nSPS) is 10.4. The average molecular weight is 370 g/mol. The summed E-state index contributed by atoms with van der Waals surface area (Å²) in [6.07, 6.45) is 12.0. The molecule has 0 saturated heterocycles. The van der Waals surface area contributed by atoms with Crippen LogP contribution in [0.15, 0.2) is 0 Å². The van der Waals surface area contributed by atoms with E-state index in [9.17, 15) is 19.2 Å². The largest absolute Gasteiger partial charge is 0.421 e. The SMILES string of the molecule is CCCCCCCCC(=O)C(=O)OOC(=O)C(=O)CCCCCCCC. The Hall–Kier alpha value is -1.72. The number of ketones is 2. The zero-order chi connectivity index (χ0) is 19.6. The molecule has 0 aliphatic carbocycles. The maximum absolute atomic E-state index is 11.6. The van der Waals surface area contributed by atoms with Crippen molar-refractivity contribution in [2.75, 3.05) is 0 Å². The van der Waals surface area contributed by atoms with Gasteiger partial charge in [0, 0.05) is 12.8 Å². The minimum Gasteiger partial charge on any atom is -0.287 e. The summed E-state index contributed by atoms with van der Waals surface area (Å²) in [5.74, 6) is -3.92. The molecule has 0 aromatic rings. The van der Waals surface area contributed by atoms with Crippen molar-refractivity contribution >= 4 is 23.5 Å². The summed E-state index contributed by atoms with van der Waals surface area (Å²) < 4.78 is 0. The zero-order valence-corrected chi connectivity index (χ0v) is 16.3. The molecule has 0 fully saturated rings. The first kappa shape index (κ1) is 24.3. The van der Waals surface area contributed by atoms with Crippen molar-refractivity contribution < 1.29 is 29.0 Å². The van der Waals surface area contributed by atoms with Gasteiger partial charge in [-0.15, -0.1) is 0 Å². The highest BCUT2D eigenvalue weighted by atomic mass is 17.2. The van der Waals surface area contributed by atoms with Crippen molar-refractivity contribution in [3.8, 4) is 0 Å². The molecule has 0 rings (SSSR count). The van der Waals surface area contributed by atoms with E-state index in [0.717, 1.165) is 51.4 Å². The standard InChI is InChI=1S/C20H34O6/c1-3-5-7-9-11-13-15-17(21)19(23)25-26-20(24)18(22)16-14-12-10-8-6-4-2/h3-16H2,1-2H3. The molecule has 6 heteroatoms. The lowest BCUT2D eigenvalue weighted by Crippen LogP contribution is -2.23. The fraction of sp³-hybridized carbons (Fsp3) is 0.800. The Balaban J connectivity index is 3.76. The van der Waals surface area contributed by atoms with Crippen LogP contribution in [0.5, 0.6) is 0 Å². The third-order valence-corrected chi connectivity index (χ3v) is 4.16. The van der Waals surface area contributed by atoms with Crippen molar-refractivity contribution in [3.05, 3.63) is 0 Å². The molecule has 0 unspecified atom stereocenters. The molecule has 0 N–H and O–H groups in total. The third kappa shape index (κ3) is 13.6. The van der Waals surface area contributed by atoms with Gasteiger partial charge in [0.05, 0.1) is 0 Å². The smallest absolute Gasteiger partial charge is 0.287 e. The molecule has 150 valence electrons. The summed E-state index contributed by atoms with van der Waals surface area (Å²) in [5.41, 5.74) is 0. The first-order valence-electron chi connectivity index (χ1n) is 10.0. The van der Waals surface area contributed by atoms with Crippen LogP contribution in [0.2, 0.25) is 0 Å². The Kier molecular flexibility index (Phi) is 15.6. The molecule has 0 amide bonds. The quantitative estimate of drug-likeness (QED) is 0.170. The highest BCUT2D eigenvalue weighted by molar-refractivity contribution is 6.35. The van der Waals surface area contributed by atoms with E-state index in [1.165, 1.54) is 12.8 Å². The van der Waals surface area contributed by atoms with Crippen LogP contribution in [0, 0.1) is 0 Å². The molecule has 0 aliphatic heterocycles. The summed E-state index contributed by atoms with van der Waals surface area (Å²) in [6, 6.07) is 0. The molecule has 0 spiro atoms. The van der Waals surface area contributed by atoms with Crippen molar-refractivity contribution in [1.82, 2.24) is 0 Å². The number of rotatable bonds is 16. The van der Waals surface area contributed by atoms with E-state index in [1.54, 1.807) is 0 Å². The summed E-state index contributed by atoms with van der Waals surface area (Å²) in [7, 11) is 0. The molecular weight excluding hydrogens is 336 g/mol. The van der Waals surface area contributed by atoms with Gasteiger partial charge >= 0.3 is 11.9 Å². The number of hydrogen-bond donors (Lipinski definition) is 0. The Labute approximate surface area is 156 Å². The van der Waals surface area contributed by atoms with E-state index in [2.05, 4.69) is 23.6 Å². The predicted octanol–water partition coefficient (Wildman–Crippen LogP) is 4.63. The van der Waals surface area contributed by atoms with Crippen LogP contribution in [0.1, 0.15) is 104 Å². The fourth-order valence-corrected chi connectivity index (χ4v) is 2.50. The fourth-order valence-electron chi connectivity index (χ4n) is 2.50. The molecular formula is C20H34O6. The Morgan fingerprint density at radius 1 is 0.500 bits per heavy atom. The van der Waals surface area contributed by atoms with E-state index in [0.29, 0.717) is 12.8 Å². The first-order chi connectivity index (χ1) is 12.5. The van der Waals surface area contributed by atoms with Crippen LogP contribution in [0.25, 0.3) is 0 Å².